The van der Waals surface area contributed by atoms with Crippen molar-refractivity contribution in [3.8, 4) is 0 Å². The monoisotopic (exact) mass is 875 g/mol. The van der Waals surface area contributed by atoms with Crippen molar-refractivity contribution in [2.45, 2.75) is 204 Å². The van der Waals surface area contributed by atoms with Gasteiger partial charge in [0, 0.05) is 58.2 Å². The number of carbonyl (C=O) groups is 1. The molecule has 7 aliphatic rings. The molecule has 1 aliphatic carbocycles. The lowest BCUT2D eigenvalue weighted by atomic mass is 9.72. The van der Waals surface area contributed by atoms with Gasteiger partial charge >= 0.3 is 5.97 Å². The van der Waals surface area contributed by atoms with Crippen LogP contribution in [-0.2, 0) is 52.2 Å². The molecular weight excluding hydrogens is 801 g/mol. The van der Waals surface area contributed by atoms with Crippen molar-refractivity contribution >= 4 is 5.97 Å². The highest BCUT2D eigenvalue weighted by Gasteiger charge is 2.59. The molecule has 1 unspecified atom stereocenters. The summed E-state index contributed by atoms with van der Waals surface area (Å²) in [7, 11) is 3.23. The molecule has 6 aliphatic heterocycles. The third kappa shape index (κ3) is 9.73. The average Bonchev–Trinajstić information content (AvgIpc) is 3.58. The number of ether oxygens (including phenoxy) is 10. The molecule has 62 heavy (non-hydrogen) atoms. The van der Waals surface area contributed by atoms with E-state index in [2.05, 4.69) is 40.7 Å². The van der Waals surface area contributed by atoms with Crippen LogP contribution in [-0.4, -0.2) is 139 Å². The molecule has 0 aromatic carbocycles. The smallest absolute Gasteiger partial charge is 0.337 e. The van der Waals surface area contributed by atoms with E-state index in [0.717, 1.165) is 18.4 Å². The highest BCUT2D eigenvalue weighted by Crippen LogP contribution is 2.48. The number of hydrogen-bond donors (Lipinski definition) is 3. The maximum absolute atomic E-state index is 14.3. The lowest BCUT2D eigenvalue weighted by Crippen LogP contribution is -2.56. The van der Waals surface area contributed by atoms with Crippen molar-refractivity contribution in [1.82, 2.24) is 0 Å². The normalized spacial score (nSPS) is 49.4. The molecule has 5 saturated heterocycles. The van der Waals surface area contributed by atoms with Crippen LogP contribution in [0.4, 0.5) is 0 Å². The minimum Gasteiger partial charge on any atom is -0.459 e. The maximum atomic E-state index is 14.3. The summed E-state index contributed by atoms with van der Waals surface area (Å²) in [5, 5.41) is 34.2. The quantitative estimate of drug-likeness (QED) is 0.204. The largest absolute Gasteiger partial charge is 0.459 e. The zero-order valence-corrected chi connectivity index (χ0v) is 38.5. The topological polar surface area (TPSA) is 170 Å². The van der Waals surface area contributed by atoms with E-state index in [4.69, 9.17) is 47.4 Å². The molecule has 0 radical (unpaired) electrons. The summed E-state index contributed by atoms with van der Waals surface area (Å²) in [6, 6.07) is 0. The Bertz CT molecular complexity index is 1680. The Morgan fingerprint density at radius 3 is 2.34 bits per heavy atom. The van der Waals surface area contributed by atoms with Gasteiger partial charge in [0.1, 0.15) is 30.0 Å². The Labute approximate surface area is 368 Å². The molecule has 0 aromatic heterocycles. The fourth-order valence-corrected chi connectivity index (χ4v) is 10.9. The second kappa shape index (κ2) is 19.8. The number of esters is 1. The van der Waals surface area contributed by atoms with E-state index in [9.17, 15) is 20.1 Å². The van der Waals surface area contributed by atoms with Crippen LogP contribution in [0.1, 0.15) is 107 Å². The molecule has 350 valence electrons. The first-order valence-electron chi connectivity index (χ1n) is 23.2. The molecule has 0 aromatic rings. The van der Waals surface area contributed by atoms with E-state index in [-0.39, 0.29) is 36.4 Å². The Kier molecular flexibility index (Phi) is 15.3. The van der Waals surface area contributed by atoms with Crippen LogP contribution < -0.4 is 0 Å². The Balaban J connectivity index is 1.18. The SMILES string of the molecule is CC[C@H](C)[C@H]1O[C@]2(CC[C@@H]1C)C[C@@H]1C[C@@H](C/C=C(\C)[C@@H](O[C@H]3C[C@H](OC)[C@@H](O[C@H]4C[C@H](OC)[C@@H](O)[C@H](C)O4)[C@H](C)O3)[C@@H](C)/C=C/C=C3\CO[C@@H]4[C@H](O)C(C)C=C(C(=O)O1)[C@]34O)O2. The molecule has 0 saturated carbocycles. The Morgan fingerprint density at radius 2 is 1.61 bits per heavy atom. The van der Waals surface area contributed by atoms with Crippen molar-refractivity contribution in [3.05, 3.63) is 47.1 Å². The number of rotatable bonds is 8. The van der Waals surface area contributed by atoms with Crippen LogP contribution in [0.15, 0.2) is 47.1 Å². The van der Waals surface area contributed by atoms with Gasteiger partial charge in [-0.25, -0.2) is 4.79 Å². The number of allylic oxidation sites excluding steroid dienone is 2. The second-order valence-corrected chi connectivity index (χ2v) is 19.4. The molecule has 3 N–H and O–H groups in total. The Hall–Kier alpha value is -2.05. The lowest BCUT2D eigenvalue weighted by Gasteiger charge is -2.51. The molecule has 20 atom stereocenters. The van der Waals surface area contributed by atoms with E-state index in [1.165, 1.54) is 0 Å². The first kappa shape index (κ1) is 47.9. The van der Waals surface area contributed by atoms with Crippen molar-refractivity contribution in [2.24, 2.45) is 23.7 Å². The van der Waals surface area contributed by atoms with Gasteiger partial charge in [0.25, 0.3) is 0 Å². The summed E-state index contributed by atoms with van der Waals surface area (Å²) < 4.78 is 63.9. The molecular formula is C48H74O14. The fourth-order valence-electron chi connectivity index (χ4n) is 10.9. The molecule has 5 fully saturated rings. The number of methoxy groups -OCH3 is 2. The summed E-state index contributed by atoms with van der Waals surface area (Å²) in [5.41, 5.74) is -0.365. The predicted molar refractivity (Wildman–Crippen MR) is 227 cm³/mol. The Morgan fingerprint density at radius 1 is 0.903 bits per heavy atom. The number of carbonyl (C=O) groups excluding carboxylic acids is 1. The van der Waals surface area contributed by atoms with E-state index >= 15 is 0 Å². The molecule has 2 bridgehead atoms. The van der Waals surface area contributed by atoms with Crippen LogP contribution in [0.5, 0.6) is 0 Å². The summed E-state index contributed by atoms with van der Waals surface area (Å²) in [6.45, 7) is 16.3. The van der Waals surface area contributed by atoms with E-state index in [0.29, 0.717) is 55.9 Å². The van der Waals surface area contributed by atoms with E-state index in [1.54, 1.807) is 33.3 Å². The predicted octanol–water partition coefficient (Wildman–Crippen LogP) is 5.60. The molecule has 6 heterocycles. The van der Waals surface area contributed by atoms with Crippen LogP contribution in [0, 0.1) is 23.7 Å². The molecule has 0 amide bonds. The highest BCUT2D eigenvalue weighted by molar-refractivity contribution is 5.93. The first-order valence-corrected chi connectivity index (χ1v) is 23.2. The standard InChI is InChI=1S/C48H74O14/c1-11-25(2)43-28(5)17-18-47(62-43)23-34-20-33(61-47)16-15-27(4)42(26(3)13-12-14-32-24-55-45-40(49)29(6)19-35(46(51)58-34)48(32,45)52)59-39-22-37(54-10)44(31(8)57-39)60-38-21-36(53-9)41(50)30(7)56-38/h12-15,19,25-26,28-31,33-34,36-45,49-50,52H,11,16-18,20-24H2,1-10H3/b13-12+,27-15+,32-14+/t25-,26-,28-,29?,30-,31-,33+,34-,36-,37-,38-,39-,40+,41-,42-,43+,44-,45+,47+,48+/m0/s1. The van der Waals surface area contributed by atoms with Gasteiger partial charge in [-0.3, -0.25) is 0 Å². The van der Waals surface area contributed by atoms with E-state index in [1.807, 2.05) is 26.0 Å². The van der Waals surface area contributed by atoms with Gasteiger partial charge in [0.2, 0.25) is 0 Å². The van der Waals surface area contributed by atoms with Gasteiger partial charge in [-0.2, -0.15) is 0 Å². The second-order valence-electron chi connectivity index (χ2n) is 19.4. The van der Waals surface area contributed by atoms with Crippen molar-refractivity contribution in [1.29, 1.82) is 0 Å². The number of fused-ring (bicyclic) bond motifs is 2. The van der Waals surface area contributed by atoms with Crippen molar-refractivity contribution in [3.63, 3.8) is 0 Å². The zero-order valence-electron chi connectivity index (χ0n) is 38.5. The van der Waals surface area contributed by atoms with Gasteiger partial charge in [-0.15, -0.1) is 0 Å². The summed E-state index contributed by atoms with van der Waals surface area (Å²) in [4.78, 5) is 14.3. The average molecular weight is 875 g/mol. The van der Waals surface area contributed by atoms with Gasteiger partial charge in [0.05, 0.1) is 61.0 Å². The molecule has 7 rings (SSSR count). The lowest BCUT2D eigenvalue weighted by molar-refractivity contribution is -0.340. The number of aliphatic hydroxyl groups is 3. The third-order valence-corrected chi connectivity index (χ3v) is 14.9. The van der Waals surface area contributed by atoms with Gasteiger partial charge in [0.15, 0.2) is 18.4 Å². The minimum atomic E-state index is -1.88. The van der Waals surface area contributed by atoms with Crippen LogP contribution >= 0.6 is 0 Å². The minimum absolute atomic E-state index is 0.00895. The van der Waals surface area contributed by atoms with Crippen molar-refractivity contribution < 1.29 is 67.5 Å². The summed E-state index contributed by atoms with van der Waals surface area (Å²) in [6.07, 6.45) is 6.53. The van der Waals surface area contributed by atoms with Gasteiger partial charge < -0.3 is 62.7 Å². The molecule has 14 heteroatoms. The summed E-state index contributed by atoms with van der Waals surface area (Å²) in [5.74, 6) is -1.53. The maximum Gasteiger partial charge on any atom is 0.337 e. The number of aliphatic hydroxyl groups excluding tert-OH is 2. The molecule has 14 nitrogen and oxygen atoms in total. The van der Waals surface area contributed by atoms with Crippen molar-refractivity contribution in [2.75, 3.05) is 20.8 Å². The van der Waals surface area contributed by atoms with E-state index < -0.39 is 90.8 Å². The van der Waals surface area contributed by atoms with Crippen LogP contribution in [0.3, 0.4) is 0 Å². The fraction of sp³-hybridized carbons (Fsp3) is 0.812. The van der Waals surface area contributed by atoms with Crippen LogP contribution in [0.25, 0.3) is 0 Å². The van der Waals surface area contributed by atoms with Crippen LogP contribution in [0.2, 0.25) is 0 Å². The summed E-state index contributed by atoms with van der Waals surface area (Å²) >= 11 is 0. The van der Waals surface area contributed by atoms with Gasteiger partial charge in [-0.05, 0) is 56.6 Å². The number of hydrogen-bond acceptors (Lipinski definition) is 14. The zero-order chi connectivity index (χ0) is 44.7. The molecule has 1 spiro atoms. The first-order chi connectivity index (χ1) is 29.5. The van der Waals surface area contributed by atoms with Gasteiger partial charge in [-0.1, -0.05) is 71.4 Å². The third-order valence-electron chi connectivity index (χ3n) is 14.9. The highest BCUT2D eigenvalue weighted by atomic mass is 16.7.